The van der Waals surface area contributed by atoms with Crippen molar-refractivity contribution in [2.24, 2.45) is 0 Å². The second kappa shape index (κ2) is 4.65. The predicted molar refractivity (Wildman–Crippen MR) is 56.5 cm³/mol. The lowest BCUT2D eigenvalue weighted by atomic mass is 10.1. The first-order chi connectivity index (χ1) is 7.10. The van der Waals surface area contributed by atoms with Crippen LogP contribution in [0.15, 0.2) is 18.2 Å². The van der Waals surface area contributed by atoms with E-state index in [9.17, 15) is 4.79 Å². The van der Waals surface area contributed by atoms with Gasteiger partial charge >= 0.3 is 0 Å². The monoisotopic (exact) mass is 210 g/mol. The summed E-state index contributed by atoms with van der Waals surface area (Å²) >= 11 is 0. The lowest BCUT2D eigenvalue weighted by molar-refractivity contribution is -0.0756. The molecule has 0 aliphatic carbocycles. The van der Waals surface area contributed by atoms with Crippen molar-refractivity contribution in [2.75, 3.05) is 27.0 Å². The zero-order valence-electron chi connectivity index (χ0n) is 8.98. The lowest BCUT2D eigenvalue weighted by Crippen LogP contribution is -2.26. The first kappa shape index (κ1) is 11.3. The van der Waals surface area contributed by atoms with E-state index in [2.05, 4.69) is 0 Å². The highest BCUT2D eigenvalue weighted by Crippen LogP contribution is 2.20. The van der Waals surface area contributed by atoms with Gasteiger partial charge in [-0.15, -0.1) is 0 Å². The molecular weight excluding hydrogens is 196 g/mol. The molecule has 0 saturated carbocycles. The van der Waals surface area contributed by atoms with E-state index in [1.807, 2.05) is 0 Å². The second-order valence-electron chi connectivity index (χ2n) is 2.94. The number of hydrogen-bond acceptors (Lipinski definition) is 4. The van der Waals surface area contributed by atoms with Crippen molar-refractivity contribution in [2.45, 2.75) is 0 Å². The molecule has 0 atom stereocenters. The molecule has 5 heteroatoms. The molecule has 0 radical (unpaired) electrons. The quantitative estimate of drug-likeness (QED) is 0.595. The van der Waals surface area contributed by atoms with E-state index in [1.165, 1.54) is 21.3 Å². The molecule has 1 rings (SSSR count). The van der Waals surface area contributed by atoms with Gasteiger partial charge in [-0.2, -0.15) is 0 Å². The minimum atomic E-state index is -0.294. The number of nitrogen functional groups attached to an aromatic ring is 1. The summed E-state index contributed by atoms with van der Waals surface area (Å²) < 4.78 is 4.98. The number of carbonyl (C=O) groups excluding carboxylic acids is 1. The molecule has 0 saturated heterocycles. The summed E-state index contributed by atoms with van der Waals surface area (Å²) in [6.07, 6.45) is 0. The molecule has 0 aliphatic rings. The molecule has 0 unspecified atom stereocenters. The van der Waals surface area contributed by atoms with Gasteiger partial charge in [-0.1, -0.05) is 0 Å². The van der Waals surface area contributed by atoms with E-state index < -0.39 is 0 Å². The summed E-state index contributed by atoms with van der Waals surface area (Å²) in [5, 5.41) is 1.11. The van der Waals surface area contributed by atoms with Gasteiger partial charge in [0, 0.05) is 18.8 Å². The Bertz CT molecular complexity index is 366. The summed E-state index contributed by atoms with van der Waals surface area (Å²) in [6, 6.07) is 4.87. The molecule has 0 fully saturated rings. The molecule has 0 aromatic heterocycles. The van der Waals surface area contributed by atoms with E-state index >= 15 is 0 Å². The van der Waals surface area contributed by atoms with Crippen LogP contribution in [-0.4, -0.2) is 32.2 Å². The fourth-order valence-corrected chi connectivity index (χ4v) is 1.12. The van der Waals surface area contributed by atoms with Crippen LogP contribution in [0.5, 0.6) is 5.75 Å². The number of anilines is 1. The summed E-state index contributed by atoms with van der Waals surface area (Å²) in [5.74, 6) is 0.321. The van der Waals surface area contributed by atoms with Gasteiger partial charge in [0.2, 0.25) is 0 Å². The first-order valence-corrected chi connectivity index (χ1v) is 4.35. The maximum absolute atomic E-state index is 11.7. The molecule has 0 bridgehead atoms. The van der Waals surface area contributed by atoms with Crippen molar-refractivity contribution in [1.82, 2.24) is 5.06 Å². The Hall–Kier alpha value is -1.75. The Morgan fingerprint density at radius 2 is 2.07 bits per heavy atom. The topological polar surface area (TPSA) is 64.8 Å². The normalized spacial score (nSPS) is 9.80. The Kier molecular flexibility index (Phi) is 3.51. The summed E-state index contributed by atoms with van der Waals surface area (Å²) in [4.78, 5) is 16.5. The highest BCUT2D eigenvalue weighted by molar-refractivity contribution is 5.98. The van der Waals surface area contributed by atoms with Crippen LogP contribution >= 0.6 is 0 Å². The largest absolute Gasteiger partial charge is 0.497 e. The summed E-state index contributed by atoms with van der Waals surface area (Å²) in [7, 11) is 4.47. The Morgan fingerprint density at radius 3 is 2.53 bits per heavy atom. The number of benzene rings is 1. The van der Waals surface area contributed by atoms with Crippen LogP contribution in [0.4, 0.5) is 5.69 Å². The average Bonchev–Trinajstić information content (AvgIpc) is 2.26. The van der Waals surface area contributed by atoms with Gasteiger partial charge in [0.05, 0.1) is 19.8 Å². The number of hydrogen-bond donors (Lipinski definition) is 1. The Labute approximate surface area is 88.3 Å². The molecule has 15 heavy (non-hydrogen) atoms. The van der Waals surface area contributed by atoms with E-state index in [0.717, 1.165) is 5.06 Å². The fourth-order valence-electron chi connectivity index (χ4n) is 1.12. The van der Waals surface area contributed by atoms with Crippen molar-refractivity contribution >= 4 is 11.6 Å². The van der Waals surface area contributed by atoms with Crippen LogP contribution in [-0.2, 0) is 4.84 Å². The minimum absolute atomic E-state index is 0.294. The Balaban J connectivity index is 3.00. The molecule has 82 valence electrons. The van der Waals surface area contributed by atoms with Crippen LogP contribution in [0.3, 0.4) is 0 Å². The van der Waals surface area contributed by atoms with Crippen LogP contribution in [0.25, 0.3) is 0 Å². The van der Waals surface area contributed by atoms with Gasteiger partial charge in [0.25, 0.3) is 5.91 Å². The van der Waals surface area contributed by atoms with Crippen molar-refractivity contribution < 1.29 is 14.4 Å². The highest BCUT2D eigenvalue weighted by Gasteiger charge is 2.14. The van der Waals surface area contributed by atoms with Crippen molar-refractivity contribution in [3.05, 3.63) is 23.8 Å². The van der Waals surface area contributed by atoms with Crippen LogP contribution in [0.2, 0.25) is 0 Å². The van der Waals surface area contributed by atoms with Gasteiger partial charge in [-0.05, 0) is 12.1 Å². The third kappa shape index (κ3) is 2.38. The van der Waals surface area contributed by atoms with Crippen LogP contribution in [0.1, 0.15) is 10.4 Å². The number of hydroxylamine groups is 2. The predicted octanol–water partition coefficient (Wildman–Crippen LogP) is 0.911. The maximum Gasteiger partial charge on any atom is 0.279 e. The van der Waals surface area contributed by atoms with Gasteiger partial charge < -0.3 is 10.5 Å². The van der Waals surface area contributed by atoms with Gasteiger partial charge in [0.1, 0.15) is 5.75 Å². The third-order valence-electron chi connectivity index (χ3n) is 2.05. The highest BCUT2D eigenvalue weighted by atomic mass is 16.7. The van der Waals surface area contributed by atoms with Gasteiger partial charge in [-0.25, -0.2) is 5.06 Å². The zero-order valence-corrected chi connectivity index (χ0v) is 8.98. The van der Waals surface area contributed by atoms with Crippen LogP contribution < -0.4 is 10.5 Å². The standard InChI is InChI=1S/C10H14N2O3/c1-12(15-3)10(13)8-5-4-7(14-2)6-9(8)11/h4-6H,11H2,1-3H3. The molecule has 1 aromatic rings. The molecule has 1 amide bonds. The number of rotatable bonds is 3. The van der Waals surface area contributed by atoms with Gasteiger partial charge in [0.15, 0.2) is 0 Å². The average molecular weight is 210 g/mol. The summed E-state index contributed by atoms with van der Waals surface area (Å²) in [5.41, 5.74) is 6.46. The number of ether oxygens (including phenoxy) is 1. The third-order valence-corrected chi connectivity index (χ3v) is 2.05. The number of amides is 1. The van der Waals surface area contributed by atoms with Crippen LogP contribution in [0, 0.1) is 0 Å². The van der Waals surface area contributed by atoms with Crippen molar-refractivity contribution in [3.63, 3.8) is 0 Å². The SMILES string of the molecule is COc1ccc(C(=O)N(C)OC)c(N)c1. The van der Waals surface area contributed by atoms with E-state index in [1.54, 1.807) is 18.2 Å². The molecule has 0 spiro atoms. The number of carbonyl (C=O) groups is 1. The maximum atomic E-state index is 11.7. The van der Waals surface area contributed by atoms with E-state index in [0.29, 0.717) is 17.0 Å². The molecule has 2 N–H and O–H groups in total. The Morgan fingerprint density at radius 1 is 1.40 bits per heavy atom. The second-order valence-corrected chi connectivity index (χ2v) is 2.94. The molecule has 5 nitrogen and oxygen atoms in total. The van der Waals surface area contributed by atoms with Gasteiger partial charge in [-0.3, -0.25) is 9.63 Å². The lowest BCUT2D eigenvalue weighted by Gasteiger charge is -2.15. The molecule has 0 aliphatic heterocycles. The summed E-state index contributed by atoms with van der Waals surface area (Å²) in [6.45, 7) is 0. The number of nitrogens with two attached hydrogens (primary N) is 1. The van der Waals surface area contributed by atoms with Crippen molar-refractivity contribution in [1.29, 1.82) is 0 Å². The molecule has 1 aromatic carbocycles. The smallest absolute Gasteiger partial charge is 0.279 e. The zero-order chi connectivity index (χ0) is 11.4. The van der Waals surface area contributed by atoms with E-state index in [-0.39, 0.29) is 5.91 Å². The molecule has 0 heterocycles. The molecular formula is C10H14N2O3. The number of nitrogens with zero attached hydrogens (tertiary/aromatic N) is 1. The fraction of sp³-hybridized carbons (Fsp3) is 0.300. The van der Waals surface area contributed by atoms with Crippen molar-refractivity contribution in [3.8, 4) is 5.75 Å². The van der Waals surface area contributed by atoms with E-state index in [4.69, 9.17) is 15.3 Å². The minimum Gasteiger partial charge on any atom is -0.497 e. The first-order valence-electron chi connectivity index (χ1n) is 4.35. The number of methoxy groups -OCH3 is 1.